The van der Waals surface area contributed by atoms with Crippen LogP contribution in [-0.2, 0) is 11.3 Å². The molecule has 140 valence electrons. The van der Waals surface area contributed by atoms with Gasteiger partial charge in [0.2, 0.25) is 5.91 Å². The molecule has 0 aliphatic rings. The van der Waals surface area contributed by atoms with Gasteiger partial charge in [0.05, 0.1) is 21.7 Å². The molecule has 3 rings (SSSR count). The van der Waals surface area contributed by atoms with Crippen molar-refractivity contribution in [2.75, 3.05) is 17.7 Å². The number of rotatable bonds is 7. The van der Waals surface area contributed by atoms with Gasteiger partial charge in [-0.1, -0.05) is 35.5 Å². The molecule has 2 heterocycles. The molecule has 0 atom stereocenters. The number of thioether (sulfide) groups is 1. The van der Waals surface area contributed by atoms with Gasteiger partial charge >= 0.3 is 0 Å². The monoisotopic (exact) mass is 404 g/mol. The largest absolute Gasteiger partial charge is 0.396 e. The third-order valence-corrected chi connectivity index (χ3v) is 4.89. The van der Waals surface area contributed by atoms with E-state index < -0.39 is 0 Å². The highest BCUT2D eigenvalue weighted by Gasteiger charge is 2.13. The van der Waals surface area contributed by atoms with Crippen molar-refractivity contribution >= 4 is 46.0 Å². The molecule has 1 aromatic carbocycles. The van der Waals surface area contributed by atoms with Crippen molar-refractivity contribution in [1.29, 1.82) is 0 Å². The third-order valence-electron chi connectivity index (χ3n) is 3.69. The summed E-state index contributed by atoms with van der Waals surface area (Å²) in [5, 5.41) is 13.2. The molecule has 0 radical (unpaired) electrons. The summed E-state index contributed by atoms with van der Waals surface area (Å²) in [6.45, 7) is 0.294. The summed E-state index contributed by atoms with van der Waals surface area (Å²) in [6, 6.07) is 10.3. The molecule has 2 N–H and O–H groups in total. The van der Waals surface area contributed by atoms with E-state index in [1.807, 2.05) is 0 Å². The number of para-hydroxylation sites is 1. The SMILES string of the molecule is O=C(CSc1nc2ccccc2c(=O)n1CCCO)Nc1ccc(Cl)cn1. The second-order valence-electron chi connectivity index (χ2n) is 5.64. The number of amides is 1. The van der Waals surface area contributed by atoms with Crippen molar-refractivity contribution in [2.45, 2.75) is 18.1 Å². The summed E-state index contributed by atoms with van der Waals surface area (Å²) in [4.78, 5) is 33.4. The fourth-order valence-corrected chi connectivity index (χ4v) is 3.38. The van der Waals surface area contributed by atoms with E-state index in [1.54, 1.807) is 36.4 Å². The predicted molar refractivity (Wildman–Crippen MR) is 106 cm³/mol. The van der Waals surface area contributed by atoms with Gasteiger partial charge in [-0.2, -0.15) is 0 Å². The van der Waals surface area contributed by atoms with Crippen molar-refractivity contribution in [3.05, 3.63) is 58.0 Å². The standard InChI is InChI=1S/C18H17ClN4O3S/c19-12-6-7-15(20-10-12)22-16(25)11-27-18-21-14-5-2-1-4-13(14)17(26)23(18)8-3-9-24/h1-2,4-7,10,24H,3,8-9,11H2,(H,20,22,25). The highest BCUT2D eigenvalue weighted by molar-refractivity contribution is 7.99. The summed E-state index contributed by atoms with van der Waals surface area (Å²) in [5.41, 5.74) is 0.390. The Morgan fingerprint density at radius 1 is 1.26 bits per heavy atom. The molecule has 7 nitrogen and oxygen atoms in total. The zero-order valence-corrected chi connectivity index (χ0v) is 15.8. The Balaban J connectivity index is 1.79. The first kappa shape index (κ1) is 19.3. The van der Waals surface area contributed by atoms with E-state index in [0.29, 0.717) is 39.9 Å². The Morgan fingerprint density at radius 3 is 2.81 bits per heavy atom. The summed E-state index contributed by atoms with van der Waals surface area (Å²) >= 11 is 6.93. The zero-order chi connectivity index (χ0) is 19.2. The number of hydrogen-bond acceptors (Lipinski definition) is 6. The van der Waals surface area contributed by atoms with E-state index in [2.05, 4.69) is 15.3 Å². The Morgan fingerprint density at radius 2 is 2.07 bits per heavy atom. The minimum atomic E-state index is -0.272. The van der Waals surface area contributed by atoms with Gasteiger partial charge in [-0.15, -0.1) is 0 Å². The molecule has 27 heavy (non-hydrogen) atoms. The van der Waals surface area contributed by atoms with Crippen LogP contribution in [0.3, 0.4) is 0 Å². The first-order chi connectivity index (χ1) is 13.1. The highest BCUT2D eigenvalue weighted by Crippen LogP contribution is 2.18. The lowest BCUT2D eigenvalue weighted by Gasteiger charge is -2.12. The van der Waals surface area contributed by atoms with E-state index in [0.717, 1.165) is 11.8 Å². The number of hydrogen-bond donors (Lipinski definition) is 2. The van der Waals surface area contributed by atoms with Gasteiger partial charge in [-0.05, 0) is 30.7 Å². The quantitative estimate of drug-likeness (QED) is 0.464. The fraction of sp³-hybridized carbons (Fsp3) is 0.222. The topological polar surface area (TPSA) is 97.1 Å². The molecule has 1 amide bonds. The maximum atomic E-state index is 12.7. The average Bonchev–Trinajstić information content (AvgIpc) is 2.68. The van der Waals surface area contributed by atoms with Crippen LogP contribution in [0.5, 0.6) is 0 Å². The van der Waals surface area contributed by atoms with Crippen molar-refractivity contribution in [3.8, 4) is 0 Å². The fourth-order valence-electron chi connectivity index (χ4n) is 2.44. The second-order valence-corrected chi connectivity index (χ2v) is 7.02. The van der Waals surface area contributed by atoms with Crippen LogP contribution in [0.1, 0.15) is 6.42 Å². The Hall–Kier alpha value is -2.42. The van der Waals surface area contributed by atoms with Crippen LogP contribution in [0.2, 0.25) is 5.02 Å². The molecule has 9 heteroatoms. The van der Waals surface area contributed by atoms with E-state index >= 15 is 0 Å². The number of halogens is 1. The smallest absolute Gasteiger partial charge is 0.262 e. The van der Waals surface area contributed by atoms with E-state index in [9.17, 15) is 9.59 Å². The molecule has 0 fully saturated rings. The molecule has 0 saturated heterocycles. The van der Waals surface area contributed by atoms with Gasteiger partial charge in [-0.3, -0.25) is 14.2 Å². The lowest BCUT2D eigenvalue weighted by molar-refractivity contribution is -0.113. The van der Waals surface area contributed by atoms with Crippen molar-refractivity contribution < 1.29 is 9.90 Å². The maximum Gasteiger partial charge on any atom is 0.262 e. The second kappa shape index (κ2) is 8.98. The van der Waals surface area contributed by atoms with Crippen molar-refractivity contribution in [2.24, 2.45) is 0 Å². The van der Waals surface area contributed by atoms with Gasteiger partial charge in [0.1, 0.15) is 5.82 Å². The number of nitrogens with one attached hydrogen (secondary N) is 1. The number of fused-ring (bicyclic) bond motifs is 1. The number of aliphatic hydroxyl groups excluding tert-OH is 1. The van der Waals surface area contributed by atoms with Gasteiger partial charge in [0, 0.05) is 19.3 Å². The number of benzene rings is 1. The van der Waals surface area contributed by atoms with Crippen LogP contribution >= 0.6 is 23.4 Å². The zero-order valence-electron chi connectivity index (χ0n) is 14.3. The molecular formula is C18H17ClN4O3S. The predicted octanol–water partition coefficient (Wildman–Crippen LogP) is 2.56. The number of aliphatic hydroxyl groups is 1. The molecule has 2 aromatic heterocycles. The Bertz CT molecular complexity index is 1010. The summed E-state index contributed by atoms with van der Waals surface area (Å²) in [5.74, 6) is 0.189. The average molecular weight is 405 g/mol. The number of aromatic nitrogens is 3. The molecule has 0 bridgehead atoms. The number of carbonyl (C=O) groups is 1. The summed E-state index contributed by atoms with van der Waals surface area (Å²) in [6.07, 6.45) is 1.87. The van der Waals surface area contributed by atoms with Crippen LogP contribution in [0.25, 0.3) is 10.9 Å². The van der Waals surface area contributed by atoms with Crippen molar-refractivity contribution in [3.63, 3.8) is 0 Å². The normalized spacial score (nSPS) is 10.9. The van der Waals surface area contributed by atoms with Gasteiger partial charge in [0.15, 0.2) is 5.16 Å². The van der Waals surface area contributed by atoms with E-state index in [4.69, 9.17) is 16.7 Å². The molecule has 0 unspecified atom stereocenters. The molecule has 0 spiro atoms. The number of pyridine rings is 1. The minimum Gasteiger partial charge on any atom is -0.396 e. The van der Waals surface area contributed by atoms with Crippen LogP contribution < -0.4 is 10.9 Å². The van der Waals surface area contributed by atoms with Crippen molar-refractivity contribution in [1.82, 2.24) is 14.5 Å². The number of anilines is 1. The Labute approximate surface area is 164 Å². The molecule has 0 saturated carbocycles. The van der Waals surface area contributed by atoms with Crippen LogP contribution in [-0.4, -0.2) is 37.9 Å². The van der Waals surface area contributed by atoms with Gasteiger partial charge in [-0.25, -0.2) is 9.97 Å². The molecular weight excluding hydrogens is 388 g/mol. The first-order valence-corrected chi connectivity index (χ1v) is 9.59. The lowest BCUT2D eigenvalue weighted by Crippen LogP contribution is -2.25. The van der Waals surface area contributed by atoms with Crippen LogP contribution in [0.15, 0.2) is 52.5 Å². The number of carbonyl (C=O) groups excluding carboxylic acids is 1. The molecule has 0 aliphatic carbocycles. The van der Waals surface area contributed by atoms with Crippen LogP contribution in [0, 0.1) is 0 Å². The lowest BCUT2D eigenvalue weighted by atomic mass is 10.2. The molecule has 0 aliphatic heterocycles. The first-order valence-electron chi connectivity index (χ1n) is 8.23. The maximum absolute atomic E-state index is 12.7. The van der Waals surface area contributed by atoms with Gasteiger partial charge in [0.25, 0.3) is 5.56 Å². The Kier molecular flexibility index (Phi) is 6.44. The molecule has 3 aromatic rings. The third kappa shape index (κ3) is 4.85. The van der Waals surface area contributed by atoms with Crippen LogP contribution in [0.4, 0.5) is 5.82 Å². The highest BCUT2D eigenvalue weighted by atomic mass is 35.5. The summed E-state index contributed by atoms with van der Waals surface area (Å²) < 4.78 is 1.50. The van der Waals surface area contributed by atoms with Gasteiger partial charge < -0.3 is 10.4 Å². The minimum absolute atomic E-state index is 0.0356. The van der Waals surface area contributed by atoms with E-state index in [-0.39, 0.29) is 23.8 Å². The number of nitrogens with zero attached hydrogens (tertiary/aromatic N) is 3. The van der Waals surface area contributed by atoms with E-state index in [1.165, 1.54) is 10.8 Å². The summed E-state index contributed by atoms with van der Waals surface area (Å²) in [7, 11) is 0.